The van der Waals surface area contributed by atoms with Gasteiger partial charge in [-0.15, -0.1) is 0 Å². The van der Waals surface area contributed by atoms with E-state index in [-0.39, 0.29) is 6.03 Å². The van der Waals surface area contributed by atoms with Crippen molar-refractivity contribution >= 4 is 27.6 Å². The van der Waals surface area contributed by atoms with Crippen molar-refractivity contribution < 1.29 is 9.63 Å². The van der Waals surface area contributed by atoms with E-state index in [4.69, 9.17) is 4.84 Å². The molecule has 5 heteroatoms. The van der Waals surface area contributed by atoms with E-state index in [0.29, 0.717) is 12.3 Å². The number of hydrogen-bond acceptors (Lipinski definition) is 2. The lowest BCUT2D eigenvalue weighted by atomic mass is 10.2. The second-order valence-electron chi connectivity index (χ2n) is 3.95. The molecule has 2 amide bonds. The monoisotopic (exact) mass is 314 g/mol. The van der Waals surface area contributed by atoms with Gasteiger partial charge in [0.15, 0.2) is 0 Å². The number of halogens is 1. The zero-order valence-electron chi connectivity index (χ0n) is 10.5. The van der Waals surface area contributed by atoms with E-state index in [1.807, 2.05) is 24.3 Å². The van der Waals surface area contributed by atoms with Gasteiger partial charge in [0.1, 0.15) is 0 Å². The molecule has 0 saturated heterocycles. The molecule has 0 heterocycles. The molecule has 0 unspecified atom stereocenters. The molecule has 0 aliphatic rings. The lowest BCUT2D eigenvalue weighted by Gasteiger charge is -2.08. The highest BCUT2D eigenvalue weighted by atomic mass is 79.9. The molecule has 0 aliphatic carbocycles. The molecule has 1 aromatic rings. The van der Waals surface area contributed by atoms with E-state index in [9.17, 15) is 4.79 Å². The summed E-state index contributed by atoms with van der Waals surface area (Å²) in [6.45, 7) is 2.70. The normalized spacial score (nSPS) is 10.1. The number of urea groups is 1. The van der Waals surface area contributed by atoms with Crippen molar-refractivity contribution in [3.63, 3.8) is 0 Å². The second kappa shape index (κ2) is 8.94. The number of nitrogens with one attached hydrogen (secondary N) is 2. The Morgan fingerprint density at radius 3 is 2.78 bits per heavy atom. The van der Waals surface area contributed by atoms with Crippen LogP contribution in [-0.4, -0.2) is 12.6 Å². The highest BCUT2D eigenvalue weighted by Crippen LogP contribution is 2.20. The largest absolute Gasteiger partial charge is 0.343 e. The Balaban J connectivity index is 2.16. The standard InChI is InChI=1S/C13H19BrN2O2/c1-2-3-4-7-10-18-16-13(17)15-12-9-6-5-8-11(12)14/h5-6,8-9H,2-4,7,10H2,1H3,(H2,15,16,17). The fourth-order valence-electron chi connectivity index (χ4n) is 1.43. The number of unbranched alkanes of at least 4 members (excludes halogenated alkanes) is 3. The van der Waals surface area contributed by atoms with Crippen molar-refractivity contribution in [2.75, 3.05) is 11.9 Å². The maximum Gasteiger partial charge on any atom is 0.343 e. The van der Waals surface area contributed by atoms with Crippen LogP contribution in [0.25, 0.3) is 0 Å². The highest BCUT2D eigenvalue weighted by molar-refractivity contribution is 9.10. The van der Waals surface area contributed by atoms with E-state index in [2.05, 4.69) is 33.7 Å². The third-order valence-corrected chi connectivity index (χ3v) is 3.08. The molecular formula is C13H19BrN2O2. The summed E-state index contributed by atoms with van der Waals surface area (Å²) in [5.41, 5.74) is 3.08. The molecule has 1 rings (SSSR count). The van der Waals surface area contributed by atoms with Gasteiger partial charge in [-0.05, 0) is 34.5 Å². The molecule has 0 bridgehead atoms. The predicted molar refractivity (Wildman–Crippen MR) is 76.4 cm³/mol. The summed E-state index contributed by atoms with van der Waals surface area (Å²) >= 11 is 3.35. The first-order chi connectivity index (χ1) is 8.74. The Morgan fingerprint density at radius 1 is 1.28 bits per heavy atom. The molecule has 0 saturated carbocycles. The summed E-state index contributed by atoms with van der Waals surface area (Å²) in [7, 11) is 0. The number of carbonyl (C=O) groups is 1. The topological polar surface area (TPSA) is 50.4 Å². The molecule has 100 valence electrons. The van der Waals surface area contributed by atoms with Crippen LogP contribution in [0.5, 0.6) is 0 Å². The number of para-hydroxylation sites is 1. The molecule has 0 aromatic heterocycles. The minimum atomic E-state index is -0.364. The molecule has 0 radical (unpaired) electrons. The van der Waals surface area contributed by atoms with E-state index in [1.54, 1.807) is 0 Å². The molecular weight excluding hydrogens is 296 g/mol. The average molecular weight is 315 g/mol. The summed E-state index contributed by atoms with van der Waals surface area (Å²) in [4.78, 5) is 16.6. The number of amides is 2. The fraction of sp³-hybridized carbons (Fsp3) is 0.462. The summed E-state index contributed by atoms with van der Waals surface area (Å²) < 4.78 is 0.836. The van der Waals surface area contributed by atoms with Crippen molar-refractivity contribution in [2.45, 2.75) is 32.6 Å². The molecule has 0 fully saturated rings. The number of carbonyl (C=O) groups excluding carboxylic acids is 1. The van der Waals surface area contributed by atoms with Crippen molar-refractivity contribution in [3.8, 4) is 0 Å². The Hall–Kier alpha value is -1.07. The van der Waals surface area contributed by atoms with Gasteiger partial charge in [0.25, 0.3) is 0 Å². The minimum Gasteiger partial charge on any atom is -0.305 e. The van der Waals surface area contributed by atoms with E-state index < -0.39 is 0 Å². The zero-order valence-corrected chi connectivity index (χ0v) is 12.1. The zero-order chi connectivity index (χ0) is 13.2. The van der Waals surface area contributed by atoms with Crippen LogP contribution in [0.15, 0.2) is 28.7 Å². The Bertz CT molecular complexity index is 372. The maximum absolute atomic E-state index is 11.5. The lowest BCUT2D eigenvalue weighted by Crippen LogP contribution is -2.29. The first-order valence-electron chi connectivity index (χ1n) is 6.17. The highest BCUT2D eigenvalue weighted by Gasteiger charge is 2.03. The number of hydroxylamine groups is 1. The van der Waals surface area contributed by atoms with Gasteiger partial charge in [-0.1, -0.05) is 38.3 Å². The van der Waals surface area contributed by atoms with Crippen LogP contribution in [-0.2, 0) is 4.84 Å². The molecule has 0 aliphatic heterocycles. The maximum atomic E-state index is 11.5. The van der Waals surface area contributed by atoms with E-state index in [0.717, 1.165) is 17.3 Å². The van der Waals surface area contributed by atoms with Crippen molar-refractivity contribution in [3.05, 3.63) is 28.7 Å². The second-order valence-corrected chi connectivity index (χ2v) is 4.80. The smallest absolute Gasteiger partial charge is 0.305 e. The third kappa shape index (κ3) is 6.02. The van der Waals surface area contributed by atoms with Crippen LogP contribution in [0.4, 0.5) is 10.5 Å². The SMILES string of the molecule is CCCCCCONC(=O)Nc1ccccc1Br. The summed E-state index contributed by atoms with van der Waals surface area (Å²) in [6.07, 6.45) is 4.48. The fourth-order valence-corrected chi connectivity index (χ4v) is 1.81. The number of hydrogen-bond donors (Lipinski definition) is 2. The summed E-state index contributed by atoms with van der Waals surface area (Å²) in [5.74, 6) is 0. The Kier molecular flexibility index (Phi) is 7.44. The predicted octanol–water partition coefficient (Wildman–Crippen LogP) is 4.08. The molecule has 0 atom stereocenters. The van der Waals surface area contributed by atoms with Crippen LogP contribution in [0.1, 0.15) is 32.6 Å². The number of benzene rings is 1. The molecule has 18 heavy (non-hydrogen) atoms. The summed E-state index contributed by atoms with van der Waals surface area (Å²) in [5, 5.41) is 2.69. The van der Waals surface area contributed by atoms with Gasteiger partial charge in [-0.25, -0.2) is 10.3 Å². The number of anilines is 1. The quantitative estimate of drug-likeness (QED) is 0.588. The van der Waals surface area contributed by atoms with Gasteiger partial charge < -0.3 is 5.32 Å². The van der Waals surface area contributed by atoms with Crippen LogP contribution >= 0.6 is 15.9 Å². The molecule has 0 spiro atoms. The van der Waals surface area contributed by atoms with Crippen LogP contribution < -0.4 is 10.8 Å². The van der Waals surface area contributed by atoms with Gasteiger partial charge in [-0.3, -0.25) is 4.84 Å². The summed E-state index contributed by atoms with van der Waals surface area (Å²) in [6, 6.07) is 7.05. The molecule has 2 N–H and O–H groups in total. The first-order valence-corrected chi connectivity index (χ1v) is 6.96. The molecule has 1 aromatic carbocycles. The van der Waals surface area contributed by atoms with Gasteiger partial charge >= 0.3 is 6.03 Å². The van der Waals surface area contributed by atoms with Crippen LogP contribution in [0.2, 0.25) is 0 Å². The Labute approximate surface area is 116 Å². The van der Waals surface area contributed by atoms with Gasteiger partial charge in [0.2, 0.25) is 0 Å². The third-order valence-electron chi connectivity index (χ3n) is 2.39. The number of rotatable bonds is 7. The van der Waals surface area contributed by atoms with Crippen molar-refractivity contribution in [1.82, 2.24) is 5.48 Å². The van der Waals surface area contributed by atoms with E-state index in [1.165, 1.54) is 12.8 Å². The lowest BCUT2D eigenvalue weighted by molar-refractivity contribution is 0.0632. The van der Waals surface area contributed by atoms with E-state index >= 15 is 0 Å². The van der Waals surface area contributed by atoms with Crippen molar-refractivity contribution in [1.29, 1.82) is 0 Å². The minimum absolute atomic E-state index is 0.364. The molecule has 4 nitrogen and oxygen atoms in total. The van der Waals surface area contributed by atoms with Gasteiger partial charge in [-0.2, -0.15) is 0 Å². The Morgan fingerprint density at radius 2 is 2.06 bits per heavy atom. The first kappa shape index (κ1) is 15.0. The van der Waals surface area contributed by atoms with Crippen LogP contribution in [0, 0.1) is 0 Å². The van der Waals surface area contributed by atoms with Crippen molar-refractivity contribution in [2.24, 2.45) is 0 Å². The average Bonchev–Trinajstić information content (AvgIpc) is 2.36. The van der Waals surface area contributed by atoms with Crippen LogP contribution in [0.3, 0.4) is 0 Å². The van der Waals surface area contributed by atoms with Gasteiger partial charge in [0.05, 0.1) is 12.3 Å². The van der Waals surface area contributed by atoms with Gasteiger partial charge in [0, 0.05) is 4.47 Å².